The standard InChI is InChI=1S/C17H30N4O/c1-5-8-9-10-18-16-13-15(19-14(4)20-16)17(22)21(11-6-2)12-7-3/h13H,5-12H2,1-4H3,(H,18,19,20). The highest BCUT2D eigenvalue weighted by Crippen LogP contribution is 2.11. The van der Waals surface area contributed by atoms with Gasteiger partial charge in [-0.3, -0.25) is 4.79 Å². The van der Waals surface area contributed by atoms with E-state index in [-0.39, 0.29) is 5.91 Å². The maximum absolute atomic E-state index is 12.6. The first-order valence-corrected chi connectivity index (χ1v) is 8.51. The van der Waals surface area contributed by atoms with E-state index < -0.39 is 0 Å². The predicted octanol–water partition coefficient (Wildman–Crippen LogP) is 3.65. The Morgan fingerprint density at radius 2 is 1.77 bits per heavy atom. The molecular formula is C17H30N4O. The lowest BCUT2D eigenvalue weighted by Gasteiger charge is -2.21. The largest absolute Gasteiger partial charge is 0.370 e. The monoisotopic (exact) mass is 306 g/mol. The molecule has 0 radical (unpaired) electrons. The molecule has 0 fully saturated rings. The average Bonchev–Trinajstić information content (AvgIpc) is 2.50. The van der Waals surface area contributed by atoms with Crippen LogP contribution in [-0.4, -0.2) is 40.4 Å². The van der Waals surface area contributed by atoms with E-state index in [0.29, 0.717) is 11.5 Å². The zero-order valence-corrected chi connectivity index (χ0v) is 14.5. The van der Waals surface area contributed by atoms with Crippen molar-refractivity contribution in [2.45, 2.75) is 59.8 Å². The number of hydrogen-bond acceptors (Lipinski definition) is 4. The van der Waals surface area contributed by atoms with Crippen LogP contribution in [0, 0.1) is 6.92 Å². The number of amides is 1. The lowest BCUT2D eigenvalue weighted by molar-refractivity contribution is 0.0749. The summed E-state index contributed by atoms with van der Waals surface area (Å²) in [6.45, 7) is 10.6. The molecule has 0 saturated heterocycles. The summed E-state index contributed by atoms with van der Waals surface area (Å²) in [6, 6.07) is 1.78. The van der Waals surface area contributed by atoms with E-state index in [1.807, 2.05) is 11.8 Å². The van der Waals surface area contributed by atoms with Gasteiger partial charge in [-0.1, -0.05) is 33.6 Å². The molecule has 0 unspecified atom stereocenters. The van der Waals surface area contributed by atoms with Crippen molar-refractivity contribution in [1.29, 1.82) is 0 Å². The van der Waals surface area contributed by atoms with E-state index in [2.05, 4.69) is 36.1 Å². The summed E-state index contributed by atoms with van der Waals surface area (Å²) in [5.74, 6) is 1.39. The van der Waals surface area contributed by atoms with Crippen LogP contribution < -0.4 is 5.32 Å². The fraction of sp³-hybridized carbons (Fsp3) is 0.706. The van der Waals surface area contributed by atoms with E-state index in [0.717, 1.165) is 44.7 Å². The minimum atomic E-state index is 0.00538. The lowest BCUT2D eigenvalue weighted by atomic mass is 10.2. The van der Waals surface area contributed by atoms with Crippen molar-refractivity contribution in [1.82, 2.24) is 14.9 Å². The van der Waals surface area contributed by atoms with Gasteiger partial charge < -0.3 is 10.2 Å². The van der Waals surface area contributed by atoms with Gasteiger partial charge in [-0.25, -0.2) is 9.97 Å². The first-order chi connectivity index (χ1) is 10.6. The normalized spacial score (nSPS) is 10.5. The second-order valence-corrected chi connectivity index (χ2v) is 5.61. The quantitative estimate of drug-likeness (QED) is 0.670. The molecule has 0 bridgehead atoms. The Morgan fingerprint density at radius 3 is 2.36 bits per heavy atom. The maximum atomic E-state index is 12.6. The maximum Gasteiger partial charge on any atom is 0.272 e. The smallest absolute Gasteiger partial charge is 0.272 e. The topological polar surface area (TPSA) is 58.1 Å². The fourth-order valence-corrected chi connectivity index (χ4v) is 2.38. The number of aromatic nitrogens is 2. The lowest BCUT2D eigenvalue weighted by Crippen LogP contribution is -2.33. The minimum Gasteiger partial charge on any atom is -0.370 e. The van der Waals surface area contributed by atoms with Gasteiger partial charge in [-0.2, -0.15) is 0 Å². The molecule has 5 nitrogen and oxygen atoms in total. The summed E-state index contributed by atoms with van der Waals surface area (Å²) >= 11 is 0. The summed E-state index contributed by atoms with van der Waals surface area (Å²) in [5.41, 5.74) is 0.493. The van der Waals surface area contributed by atoms with E-state index >= 15 is 0 Å². The first kappa shape index (κ1) is 18.4. The molecule has 0 saturated carbocycles. The Hall–Kier alpha value is -1.65. The van der Waals surface area contributed by atoms with Gasteiger partial charge >= 0.3 is 0 Å². The molecule has 0 atom stereocenters. The summed E-state index contributed by atoms with van der Waals surface area (Å²) in [7, 11) is 0. The molecule has 1 N–H and O–H groups in total. The molecule has 0 aliphatic rings. The van der Waals surface area contributed by atoms with Crippen LogP contribution in [0.2, 0.25) is 0 Å². The molecule has 22 heavy (non-hydrogen) atoms. The fourth-order valence-electron chi connectivity index (χ4n) is 2.38. The van der Waals surface area contributed by atoms with Crippen molar-refractivity contribution in [3.05, 3.63) is 17.6 Å². The molecule has 1 aromatic heterocycles. The van der Waals surface area contributed by atoms with Gasteiger partial charge in [-0.15, -0.1) is 0 Å². The molecular weight excluding hydrogens is 276 g/mol. The van der Waals surface area contributed by atoms with E-state index in [1.54, 1.807) is 6.07 Å². The van der Waals surface area contributed by atoms with Crippen LogP contribution in [0.15, 0.2) is 6.07 Å². The molecule has 1 heterocycles. The number of aryl methyl sites for hydroxylation is 1. The molecule has 1 aromatic rings. The highest BCUT2D eigenvalue weighted by atomic mass is 16.2. The molecule has 1 amide bonds. The molecule has 0 aromatic carbocycles. The number of carbonyl (C=O) groups is 1. The summed E-state index contributed by atoms with van der Waals surface area (Å²) in [5, 5.41) is 3.30. The minimum absolute atomic E-state index is 0.00538. The van der Waals surface area contributed by atoms with Crippen LogP contribution in [0.3, 0.4) is 0 Å². The van der Waals surface area contributed by atoms with E-state index in [1.165, 1.54) is 12.8 Å². The van der Waals surface area contributed by atoms with Crippen LogP contribution >= 0.6 is 0 Å². The summed E-state index contributed by atoms with van der Waals surface area (Å²) in [4.78, 5) is 23.2. The van der Waals surface area contributed by atoms with Crippen molar-refractivity contribution in [2.24, 2.45) is 0 Å². The van der Waals surface area contributed by atoms with Gasteiger partial charge in [-0.05, 0) is 26.2 Å². The van der Waals surface area contributed by atoms with Crippen LogP contribution in [0.4, 0.5) is 5.82 Å². The van der Waals surface area contributed by atoms with Crippen LogP contribution in [-0.2, 0) is 0 Å². The third kappa shape index (κ3) is 6.00. The van der Waals surface area contributed by atoms with Crippen molar-refractivity contribution < 1.29 is 4.79 Å². The van der Waals surface area contributed by atoms with Gasteiger partial charge in [0.2, 0.25) is 0 Å². The van der Waals surface area contributed by atoms with Crippen molar-refractivity contribution in [3.63, 3.8) is 0 Å². The third-order valence-corrected chi connectivity index (χ3v) is 3.42. The Bertz CT molecular complexity index is 456. The Balaban J connectivity index is 2.80. The number of rotatable bonds is 10. The molecule has 0 aliphatic carbocycles. The van der Waals surface area contributed by atoms with Crippen molar-refractivity contribution in [3.8, 4) is 0 Å². The number of hydrogen-bond donors (Lipinski definition) is 1. The first-order valence-electron chi connectivity index (χ1n) is 8.51. The van der Waals surface area contributed by atoms with Gasteiger partial charge in [0, 0.05) is 25.7 Å². The average molecular weight is 306 g/mol. The molecule has 0 aliphatic heterocycles. The third-order valence-electron chi connectivity index (χ3n) is 3.42. The highest BCUT2D eigenvalue weighted by Gasteiger charge is 2.17. The van der Waals surface area contributed by atoms with Gasteiger partial charge in [0.1, 0.15) is 17.3 Å². The summed E-state index contributed by atoms with van der Waals surface area (Å²) in [6.07, 6.45) is 5.41. The second-order valence-electron chi connectivity index (χ2n) is 5.61. The highest BCUT2D eigenvalue weighted by molar-refractivity contribution is 5.93. The Kier molecular flexibility index (Phi) is 8.48. The molecule has 0 spiro atoms. The number of unbranched alkanes of at least 4 members (excludes halogenated alkanes) is 2. The van der Waals surface area contributed by atoms with Crippen molar-refractivity contribution in [2.75, 3.05) is 25.0 Å². The molecule has 5 heteroatoms. The van der Waals surface area contributed by atoms with E-state index in [9.17, 15) is 4.79 Å². The second kappa shape index (κ2) is 10.1. The van der Waals surface area contributed by atoms with Crippen LogP contribution in [0.1, 0.15) is 69.2 Å². The Labute approximate surface area is 134 Å². The van der Waals surface area contributed by atoms with Gasteiger partial charge in [0.25, 0.3) is 5.91 Å². The molecule has 1 rings (SSSR count). The predicted molar refractivity (Wildman–Crippen MR) is 91.3 cm³/mol. The van der Waals surface area contributed by atoms with Crippen molar-refractivity contribution >= 4 is 11.7 Å². The van der Waals surface area contributed by atoms with Gasteiger partial charge in [0.15, 0.2) is 0 Å². The number of nitrogens with one attached hydrogen (secondary N) is 1. The number of nitrogens with zero attached hydrogens (tertiary/aromatic N) is 3. The zero-order valence-electron chi connectivity index (χ0n) is 14.5. The Morgan fingerprint density at radius 1 is 1.09 bits per heavy atom. The van der Waals surface area contributed by atoms with Crippen LogP contribution in [0.5, 0.6) is 0 Å². The van der Waals surface area contributed by atoms with Gasteiger partial charge in [0.05, 0.1) is 0 Å². The summed E-state index contributed by atoms with van der Waals surface area (Å²) < 4.78 is 0. The van der Waals surface area contributed by atoms with Crippen LogP contribution in [0.25, 0.3) is 0 Å². The zero-order chi connectivity index (χ0) is 16.4. The SMILES string of the molecule is CCCCCNc1cc(C(=O)N(CCC)CCC)nc(C)n1. The van der Waals surface area contributed by atoms with E-state index in [4.69, 9.17) is 0 Å². The number of carbonyl (C=O) groups excluding carboxylic acids is 1. The number of anilines is 1. The molecule has 124 valence electrons.